The number of benzene rings is 3. The number of halogens is 1. The number of fused-ring (bicyclic) bond motifs is 1. The van der Waals surface area contributed by atoms with Crippen LogP contribution in [-0.4, -0.2) is 29.6 Å². The van der Waals surface area contributed by atoms with Crippen molar-refractivity contribution in [2.45, 2.75) is 49.2 Å². The number of nitrogens with one attached hydrogen (secondary N) is 2. The van der Waals surface area contributed by atoms with Gasteiger partial charge in [-0.2, -0.15) is 0 Å². The van der Waals surface area contributed by atoms with E-state index in [-0.39, 0.29) is 18.1 Å². The summed E-state index contributed by atoms with van der Waals surface area (Å²) >= 11 is 2.77. The van der Waals surface area contributed by atoms with Gasteiger partial charge in [-0.1, -0.05) is 48.5 Å². The average molecular weight is 603 g/mol. The van der Waals surface area contributed by atoms with Gasteiger partial charge in [-0.15, -0.1) is 23.1 Å². The Kier molecular flexibility index (Phi) is 9.39. The molecule has 2 atom stereocenters. The second kappa shape index (κ2) is 13.4. The zero-order valence-electron chi connectivity index (χ0n) is 23.3. The van der Waals surface area contributed by atoms with Gasteiger partial charge in [0.05, 0.1) is 23.0 Å². The summed E-state index contributed by atoms with van der Waals surface area (Å²) in [5.74, 6) is -1.45. The van der Waals surface area contributed by atoms with Crippen molar-refractivity contribution >= 4 is 51.6 Å². The Bertz CT molecular complexity index is 1600. The Morgan fingerprint density at radius 2 is 1.79 bits per heavy atom. The molecule has 2 amide bonds. The molecule has 9 heteroatoms. The van der Waals surface area contributed by atoms with Crippen molar-refractivity contribution in [1.29, 1.82) is 0 Å². The molecule has 0 bridgehead atoms. The first-order valence-electron chi connectivity index (χ1n) is 13.8. The Morgan fingerprint density at radius 1 is 1.02 bits per heavy atom. The van der Waals surface area contributed by atoms with Crippen molar-refractivity contribution in [1.82, 2.24) is 0 Å². The van der Waals surface area contributed by atoms with Crippen molar-refractivity contribution in [2.24, 2.45) is 0 Å². The Hall–Kier alpha value is -3.95. The fourth-order valence-electron chi connectivity index (χ4n) is 5.07. The third kappa shape index (κ3) is 6.74. The van der Waals surface area contributed by atoms with E-state index in [4.69, 9.17) is 4.74 Å². The fraction of sp³-hybridized carbons (Fsp3) is 0.242. The fourth-order valence-corrected chi connectivity index (χ4v) is 7.31. The summed E-state index contributed by atoms with van der Waals surface area (Å²) in [5.41, 5.74) is 3.15. The minimum Gasteiger partial charge on any atom is -0.462 e. The molecule has 0 radical (unpaired) electrons. The molecule has 0 fully saturated rings. The standard InChI is InChI=1S/C33H31FN2O4S2/c1-3-40-33(39)29-26-17-16-22(21-10-5-4-6-11-21)18-28(26)42-32(29)36-30(37)20(2)41-24-13-9-12-23(19-24)35-31(38)25-14-7-8-15-27(25)34/h4-15,19-20,22H,3,16-18H2,1-2H3,(H,35,38)(H,36,37). The predicted molar refractivity (Wildman–Crippen MR) is 166 cm³/mol. The molecule has 0 spiro atoms. The van der Waals surface area contributed by atoms with Gasteiger partial charge in [-0.25, -0.2) is 9.18 Å². The molecule has 0 saturated heterocycles. The van der Waals surface area contributed by atoms with Gasteiger partial charge in [0.15, 0.2) is 0 Å². The van der Waals surface area contributed by atoms with Gasteiger partial charge in [0.1, 0.15) is 10.8 Å². The third-order valence-corrected chi connectivity index (χ3v) is 9.41. The minimum atomic E-state index is -0.598. The van der Waals surface area contributed by atoms with E-state index in [2.05, 4.69) is 22.8 Å². The normalized spacial score (nSPS) is 14.9. The smallest absolute Gasteiger partial charge is 0.341 e. The van der Waals surface area contributed by atoms with Crippen LogP contribution < -0.4 is 10.6 Å². The number of hydrogen-bond acceptors (Lipinski definition) is 6. The van der Waals surface area contributed by atoms with Gasteiger partial charge in [0.2, 0.25) is 5.91 Å². The summed E-state index contributed by atoms with van der Waals surface area (Å²) in [6, 6.07) is 23.2. The number of thioether (sulfide) groups is 1. The highest BCUT2D eigenvalue weighted by Gasteiger charge is 2.31. The molecule has 216 valence electrons. The van der Waals surface area contributed by atoms with Crippen LogP contribution in [0.25, 0.3) is 0 Å². The lowest BCUT2D eigenvalue weighted by Crippen LogP contribution is -2.23. The van der Waals surface area contributed by atoms with Crippen LogP contribution in [0.1, 0.15) is 62.9 Å². The van der Waals surface area contributed by atoms with Crippen molar-refractivity contribution in [3.63, 3.8) is 0 Å². The van der Waals surface area contributed by atoms with Crippen molar-refractivity contribution < 1.29 is 23.5 Å². The molecule has 2 unspecified atom stereocenters. The summed E-state index contributed by atoms with van der Waals surface area (Å²) in [7, 11) is 0. The summed E-state index contributed by atoms with van der Waals surface area (Å²) < 4.78 is 19.4. The SMILES string of the molecule is CCOC(=O)c1c(NC(=O)C(C)Sc2cccc(NC(=O)c3ccccc3F)c2)sc2c1CCC(c1ccccc1)C2. The van der Waals surface area contributed by atoms with E-state index >= 15 is 0 Å². The molecule has 1 heterocycles. The molecular formula is C33H31FN2O4S2. The quantitative estimate of drug-likeness (QED) is 0.151. The van der Waals surface area contributed by atoms with Gasteiger partial charge in [-0.3, -0.25) is 9.59 Å². The maximum atomic E-state index is 14.0. The summed E-state index contributed by atoms with van der Waals surface area (Å²) in [6.45, 7) is 3.80. The molecule has 1 aliphatic rings. The number of carbonyl (C=O) groups excluding carboxylic acids is 3. The first kappa shape index (κ1) is 29.5. The average Bonchev–Trinajstić information content (AvgIpc) is 3.35. The molecule has 6 nitrogen and oxygen atoms in total. The second-order valence-electron chi connectivity index (χ2n) is 9.99. The number of anilines is 2. The Labute approximate surface area is 252 Å². The highest BCUT2D eigenvalue weighted by Crippen LogP contribution is 2.43. The van der Waals surface area contributed by atoms with Crippen LogP contribution in [-0.2, 0) is 22.4 Å². The van der Waals surface area contributed by atoms with Gasteiger partial charge in [-0.05, 0) is 80.5 Å². The van der Waals surface area contributed by atoms with Crippen LogP contribution in [0.15, 0.2) is 83.8 Å². The van der Waals surface area contributed by atoms with Crippen LogP contribution in [0, 0.1) is 5.82 Å². The van der Waals surface area contributed by atoms with Gasteiger partial charge in [0.25, 0.3) is 5.91 Å². The third-order valence-electron chi connectivity index (χ3n) is 7.15. The lowest BCUT2D eigenvalue weighted by molar-refractivity contribution is -0.115. The van der Waals surface area contributed by atoms with E-state index in [1.54, 1.807) is 38.1 Å². The Morgan fingerprint density at radius 3 is 2.55 bits per heavy atom. The summed E-state index contributed by atoms with van der Waals surface area (Å²) in [4.78, 5) is 40.8. The number of esters is 1. The largest absolute Gasteiger partial charge is 0.462 e. The van der Waals surface area contributed by atoms with Gasteiger partial charge < -0.3 is 15.4 Å². The Balaban J connectivity index is 1.29. The van der Waals surface area contributed by atoms with Crippen molar-refractivity contribution in [3.05, 3.63) is 112 Å². The van der Waals surface area contributed by atoms with Crippen molar-refractivity contribution in [3.8, 4) is 0 Å². The lowest BCUT2D eigenvalue weighted by atomic mass is 9.83. The first-order valence-corrected chi connectivity index (χ1v) is 15.5. The van der Waals surface area contributed by atoms with E-state index in [9.17, 15) is 18.8 Å². The molecule has 42 heavy (non-hydrogen) atoms. The number of carbonyl (C=O) groups is 3. The second-order valence-corrected chi connectivity index (χ2v) is 12.5. The van der Waals surface area contributed by atoms with Crippen LogP contribution >= 0.6 is 23.1 Å². The highest BCUT2D eigenvalue weighted by atomic mass is 32.2. The van der Waals surface area contributed by atoms with Crippen LogP contribution in [0.3, 0.4) is 0 Å². The monoisotopic (exact) mass is 602 g/mol. The van der Waals surface area contributed by atoms with E-state index in [1.165, 1.54) is 46.9 Å². The molecular weight excluding hydrogens is 572 g/mol. The zero-order chi connectivity index (χ0) is 29.6. The zero-order valence-corrected chi connectivity index (χ0v) is 24.9. The topological polar surface area (TPSA) is 84.5 Å². The molecule has 5 rings (SSSR count). The summed E-state index contributed by atoms with van der Waals surface area (Å²) in [6.07, 6.45) is 2.47. The highest BCUT2D eigenvalue weighted by molar-refractivity contribution is 8.00. The number of thiophene rings is 1. The van der Waals surface area contributed by atoms with Crippen LogP contribution in [0.2, 0.25) is 0 Å². The van der Waals surface area contributed by atoms with Crippen molar-refractivity contribution in [2.75, 3.05) is 17.2 Å². The number of amides is 2. The van der Waals surface area contributed by atoms with Gasteiger partial charge in [0, 0.05) is 15.5 Å². The molecule has 0 aliphatic heterocycles. The lowest BCUT2D eigenvalue weighted by Gasteiger charge is -2.23. The number of rotatable bonds is 9. The predicted octanol–water partition coefficient (Wildman–Crippen LogP) is 7.71. The van der Waals surface area contributed by atoms with Crippen LogP contribution in [0.5, 0.6) is 0 Å². The molecule has 4 aromatic rings. The minimum absolute atomic E-state index is 0.0468. The number of hydrogen-bond donors (Lipinski definition) is 2. The van der Waals surface area contributed by atoms with E-state index in [0.717, 1.165) is 34.6 Å². The first-order chi connectivity index (χ1) is 20.3. The number of ether oxygens (including phenoxy) is 1. The summed E-state index contributed by atoms with van der Waals surface area (Å²) in [5, 5.41) is 5.73. The molecule has 1 aliphatic carbocycles. The van der Waals surface area contributed by atoms with E-state index in [0.29, 0.717) is 22.2 Å². The molecule has 3 aromatic carbocycles. The molecule has 2 N–H and O–H groups in total. The molecule has 0 saturated carbocycles. The van der Waals surface area contributed by atoms with Crippen LogP contribution in [0.4, 0.5) is 15.1 Å². The maximum absolute atomic E-state index is 14.0. The van der Waals surface area contributed by atoms with Gasteiger partial charge >= 0.3 is 5.97 Å². The van der Waals surface area contributed by atoms with E-state index in [1.807, 2.05) is 24.3 Å². The van der Waals surface area contributed by atoms with E-state index < -0.39 is 22.9 Å². The maximum Gasteiger partial charge on any atom is 0.341 e. The molecule has 1 aromatic heterocycles.